The van der Waals surface area contributed by atoms with Crippen LogP contribution in [0.15, 0.2) is 65.8 Å². The van der Waals surface area contributed by atoms with E-state index in [4.69, 9.17) is 0 Å². The number of benzene rings is 2. The summed E-state index contributed by atoms with van der Waals surface area (Å²) in [5.41, 5.74) is 1.76. The average Bonchev–Trinajstić information content (AvgIpc) is 2.72. The van der Waals surface area contributed by atoms with Crippen LogP contribution in [0.25, 0.3) is 10.8 Å². The predicted molar refractivity (Wildman–Crippen MR) is 109 cm³/mol. The lowest BCUT2D eigenvalue weighted by Gasteiger charge is -2.14. The third kappa shape index (κ3) is 4.55. The highest BCUT2D eigenvalue weighted by molar-refractivity contribution is 7.89. The van der Waals surface area contributed by atoms with Crippen LogP contribution in [0.2, 0.25) is 0 Å². The Morgan fingerprint density at radius 1 is 1.11 bits per heavy atom. The van der Waals surface area contributed by atoms with Gasteiger partial charge in [0.05, 0.1) is 4.90 Å². The molecule has 7 heteroatoms. The SMILES string of the molecule is CNS(=O)(=O)c1cccc(CNC(=O)C(C)Cc2cncc3ccccc23)c1. The van der Waals surface area contributed by atoms with Gasteiger partial charge in [-0.25, -0.2) is 13.1 Å². The molecular formula is C21H23N3O3S. The topological polar surface area (TPSA) is 88.2 Å². The molecule has 0 aliphatic carbocycles. The summed E-state index contributed by atoms with van der Waals surface area (Å²) < 4.78 is 26.1. The molecule has 1 aromatic heterocycles. The second kappa shape index (κ2) is 8.50. The molecular weight excluding hydrogens is 374 g/mol. The Hall–Kier alpha value is -2.77. The van der Waals surface area contributed by atoms with Crippen LogP contribution in [-0.2, 0) is 27.8 Å². The average molecular weight is 398 g/mol. The quantitative estimate of drug-likeness (QED) is 0.642. The monoisotopic (exact) mass is 397 g/mol. The molecule has 1 heterocycles. The van der Waals surface area contributed by atoms with E-state index in [1.807, 2.05) is 37.4 Å². The summed E-state index contributed by atoms with van der Waals surface area (Å²) in [5, 5.41) is 5.04. The lowest BCUT2D eigenvalue weighted by Crippen LogP contribution is -2.30. The first kappa shape index (κ1) is 20.0. The predicted octanol–water partition coefficient (Wildman–Crippen LogP) is 2.64. The van der Waals surface area contributed by atoms with Crippen LogP contribution in [0.3, 0.4) is 0 Å². The fraction of sp³-hybridized carbons (Fsp3) is 0.238. The van der Waals surface area contributed by atoms with E-state index in [1.54, 1.807) is 24.4 Å². The van der Waals surface area contributed by atoms with Crippen LogP contribution >= 0.6 is 0 Å². The van der Waals surface area contributed by atoms with Crippen molar-refractivity contribution in [3.05, 3.63) is 72.1 Å². The number of amides is 1. The van der Waals surface area contributed by atoms with Crippen molar-refractivity contribution >= 4 is 26.7 Å². The smallest absolute Gasteiger partial charge is 0.240 e. The maximum Gasteiger partial charge on any atom is 0.240 e. The zero-order chi connectivity index (χ0) is 20.1. The second-order valence-electron chi connectivity index (χ2n) is 6.70. The summed E-state index contributed by atoms with van der Waals surface area (Å²) in [7, 11) is -2.14. The minimum atomic E-state index is -3.51. The van der Waals surface area contributed by atoms with Gasteiger partial charge in [-0.3, -0.25) is 9.78 Å². The molecule has 1 atom stereocenters. The zero-order valence-electron chi connectivity index (χ0n) is 15.8. The van der Waals surface area contributed by atoms with Gasteiger partial charge in [0.25, 0.3) is 0 Å². The van der Waals surface area contributed by atoms with Crippen LogP contribution in [-0.4, -0.2) is 26.4 Å². The second-order valence-corrected chi connectivity index (χ2v) is 8.58. The molecule has 0 aliphatic heterocycles. The fourth-order valence-corrected chi connectivity index (χ4v) is 3.87. The summed E-state index contributed by atoms with van der Waals surface area (Å²) in [6.07, 6.45) is 4.20. The number of carbonyl (C=O) groups excluding carboxylic acids is 1. The largest absolute Gasteiger partial charge is 0.352 e. The molecule has 6 nitrogen and oxygen atoms in total. The number of fused-ring (bicyclic) bond motifs is 1. The number of hydrogen-bond donors (Lipinski definition) is 2. The first-order valence-electron chi connectivity index (χ1n) is 9.02. The first-order chi connectivity index (χ1) is 13.4. The Labute approximate surface area is 165 Å². The molecule has 0 saturated carbocycles. The third-order valence-electron chi connectivity index (χ3n) is 4.67. The summed E-state index contributed by atoms with van der Waals surface area (Å²) in [6.45, 7) is 2.14. The van der Waals surface area contributed by atoms with Crippen molar-refractivity contribution in [1.29, 1.82) is 0 Å². The van der Waals surface area contributed by atoms with Crippen molar-refractivity contribution < 1.29 is 13.2 Å². The molecule has 1 amide bonds. The van der Waals surface area contributed by atoms with Gasteiger partial charge in [0.2, 0.25) is 15.9 Å². The molecule has 2 aromatic carbocycles. The Bertz CT molecular complexity index is 1090. The van der Waals surface area contributed by atoms with Gasteiger partial charge in [-0.1, -0.05) is 43.3 Å². The molecule has 146 valence electrons. The number of nitrogens with zero attached hydrogens (tertiary/aromatic N) is 1. The van der Waals surface area contributed by atoms with Crippen molar-refractivity contribution in [1.82, 2.24) is 15.0 Å². The highest BCUT2D eigenvalue weighted by Crippen LogP contribution is 2.20. The fourth-order valence-electron chi connectivity index (χ4n) is 3.07. The lowest BCUT2D eigenvalue weighted by atomic mass is 9.97. The molecule has 0 radical (unpaired) electrons. The van der Waals surface area contributed by atoms with Crippen LogP contribution in [0.4, 0.5) is 0 Å². The van der Waals surface area contributed by atoms with Crippen molar-refractivity contribution in [2.24, 2.45) is 5.92 Å². The Morgan fingerprint density at radius 3 is 2.68 bits per heavy atom. The summed E-state index contributed by atoms with van der Waals surface area (Å²) >= 11 is 0. The standard InChI is InChI=1S/C21H23N3O3S/c1-15(10-18-14-23-13-17-7-3-4-9-20(17)18)21(25)24-12-16-6-5-8-19(11-16)28(26,27)22-2/h3-9,11,13-15,22H,10,12H2,1-2H3,(H,24,25). The van der Waals surface area contributed by atoms with E-state index < -0.39 is 10.0 Å². The Balaban J connectivity index is 1.66. The van der Waals surface area contributed by atoms with Gasteiger partial charge < -0.3 is 5.32 Å². The van der Waals surface area contributed by atoms with Gasteiger partial charge in [0.15, 0.2) is 0 Å². The van der Waals surface area contributed by atoms with Gasteiger partial charge in [0, 0.05) is 30.2 Å². The number of rotatable bonds is 7. The molecule has 0 spiro atoms. The number of aromatic nitrogens is 1. The molecule has 0 saturated heterocycles. The minimum absolute atomic E-state index is 0.0881. The molecule has 2 N–H and O–H groups in total. The van der Waals surface area contributed by atoms with Crippen LogP contribution in [0, 0.1) is 5.92 Å². The number of carbonyl (C=O) groups is 1. The van der Waals surface area contributed by atoms with Crippen LogP contribution < -0.4 is 10.0 Å². The summed E-state index contributed by atoms with van der Waals surface area (Å²) in [5.74, 6) is -0.327. The van der Waals surface area contributed by atoms with E-state index in [0.29, 0.717) is 6.42 Å². The highest BCUT2D eigenvalue weighted by atomic mass is 32.2. The third-order valence-corrected chi connectivity index (χ3v) is 6.08. The van der Waals surface area contributed by atoms with E-state index in [1.165, 1.54) is 13.1 Å². The Kier molecular flexibility index (Phi) is 6.06. The van der Waals surface area contributed by atoms with Crippen LogP contribution in [0.5, 0.6) is 0 Å². The molecule has 3 rings (SSSR count). The van der Waals surface area contributed by atoms with Crippen molar-refractivity contribution in [3.63, 3.8) is 0 Å². The number of sulfonamides is 1. The van der Waals surface area contributed by atoms with E-state index in [2.05, 4.69) is 15.0 Å². The molecule has 28 heavy (non-hydrogen) atoms. The van der Waals surface area contributed by atoms with Gasteiger partial charge in [0.1, 0.15) is 0 Å². The molecule has 1 unspecified atom stereocenters. The summed E-state index contributed by atoms with van der Waals surface area (Å²) in [6, 6.07) is 14.5. The molecule has 0 fully saturated rings. The maximum absolute atomic E-state index is 12.5. The van der Waals surface area contributed by atoms with Crippen molar-refractivity contribution in [2.45, 2.75) is 24.8 Å². The first-order valence-corrected chi connectivity index (χ1v) is 10.5. The molecule has 3 aromatic rings. The van der Waals surface area contributed by atoms with Crippen molar-refractivity contribution in [2.75, 3.05) is 7.05 Å². The number of pyridine rings is 1. The van der Waals surface area contributed by atoms with E-state index in [9.17, 15) is 13.2 Å². The van der Waals surface area contributed by atoms with E-state index in [-0.39, 0.29) is 23.3 Å². The molecule has 0 aliphatic rings. The van der Waals surface area contributed by atoms with Gasteiger partial charge in [-0.05, 0) is 42.1 Å². The highest BCUT2D eigenvalue weighted by Gasteiger charge is 2.16. The van der Waals surface area contributed by atoms with E-state index >= 15 is 0 Å². The normalized spacial score (nSPS) is 12.6. The zero-order valence-corrected chi connectivity index (χ0v) is 16.7. The number of nitrogens with one attached hydrogen (secondary N) is 2. The lowest BCUT2D eigenvalue weighted by molar-refractivity contribution is -0.124. The Morgan fingerprint density at radius 2 is 1.89 bits per heavy atom. The summed E-state index contributed by atoms with van der Waals surface area (Å²) in [4.78, 5) is 17.0. The van der Waals surface area contributed by atoms with Gasteiger partial charge in [-0.15, -0.1) is 0 Å². The van der Waals surface area contributed by atoms with Crippen molar-refractivity contribution in [3.8, 4) is 0 Å². The van der Waals surface area contributed by atoms with E-state index in [0.717, 1.165) is 21.9 Å². The van der Waals surface area contributed by atoms with Crippen LogP contribution in [0.1, 0.15) is 18.1 Å². The van der Waals surface area contributed by atoms with Gasteiger partial charge in [-0.2, -0.15) is 0 Å². The number of hydrogen-bond acceptors (Lipinski definition) is 4. The molecule has 0 bridgehead atoms. The van der Waals surface area contributed by atoms with Gasteiger partial charge >= 0.3 is 0 Å². The minimum Gasteiger partial charge on any atom is -0.352 e. The maximum atomic E-state index is 12.5.